The van der Waals surface area contributed by atoms with E-state index >= 15 is 0 Å². The number of halogens is 3. The predicted molar refractivity (Wildman–Crippen MR) is 73.3 cm³/mol. The third-order valence-electron chi connectivity index (χ3n) is 2.83. The molecule has 0 aliphatic heterocycles. The van der Waals surface area contributed by atoms with Gasteiger partial charge in [0.15, 0.2) is 4.67 Å². The molecular formula is C13H12BrClFNO. The summed E-state index contributed by atoms with van der Waals surface area (Å²) < 4.78 is 19.3. The first-order valence-electron chi connectivity index (χ1n) is 5.46. The van der Waals surface area contributed by atoms with Gasteiger partial charge in [0.25, 0.3) is 0 Å². The van der Waals surface area contributed by atoms with Gasteiger partial charge in [0.05, 0.1) is 11.3 Å². The quantitative estimate of drug-likeness (QED) is 0.901. The van der Waals surface area contributed by atoms with Gasteiger partial charge < -0.3 is 9.73 Å². The smallest absolute Gasteiger partial charge is 0.173 e. The molecular weight excluding hydrogens is 321 g/mol. The van der Waals surface area contributed by atoms with Gasteiger partial charge in [-0.3, -0.25) is 0 Å². The van der Waals surface area contributed by atoms with Crippen LogP contribution in [0.5, 0.6) is 0 Å². The third-order valence-corrected chi connectivity index (χ3v) is 3.89. The van der Waals surface area contributed by atoms with Gasteiger partial charge in [0.2, 0.25) is 0 Å². The lowest BCUT2D eigenvalue weighted by molar-refractivity contribution is 0.517. The molecule has 0 bridgehead atoms. The minimum absolute atomic E-state index is 0.0115. The summed E-state index contributed by atoms with van der Waals surface area (Å²) >= 11 is 9.30. The van der Waals surface area contributed by atoms with Crippen LogP contribution in [-0.2, 0) is 6.42 Å². The highest BCUT2D eigenvalue weighted by Gasteiger charge is 2.17. The van der Waals surface area contributed by atoms with Crippen molar-refractivity contribution >= 4 is 27.5 Å². The maximum Gasteiger partial charge on any atom is 0.173 e. The highest BCUT2D eigenvalue weighted by Crippen LogP contribution is 2.29. The fourth-order valence-corrected chi connectivity index (χ4v) is 2.57. The topological polar surface area (TPSA) is 25.2 Å². The molecule has 1 aromatic heterocycles. The number of benzene rings is 1. The minimum Gasteiger partial charge on any atom is -0.457 e. The second-order valence-electron chi connectivity index (χ2n) is 3.91. The molecule has 1 N–H and O–H groups in total. The Hall–Kier alpha value is -0.840. The fraction of sp³-hybridized carbons (Fsp3) is 0.231. The molecule has 18 heavy (non-hydrogen) atoms. The summed E-state index contributed by atoms with van der Waals surface area (Å²) in [4.78, 5) is 0. The van der Waals surface area contributed by atoms with Crippen molar-refractivity contribution in [3.63, 3.8) is 0 Å². The van der Waals surface area contributed by atoms with Crippen molar-refractivity contribution < 1.29 is 8.81 Å². The van der Waals surface area contributed by atoms with Gasteiger partial charge in [-0.25, -0.2) is 4.39 Å². The van der Waals surface area contributed by atoms with Gasteiger partial charge in [-0.2, -0.15) is 0 Å². The van der Waals surface area contributed by atoms with Crippen molar-refractivity contribution in [3.8, 4) is 0 Å². The van der Waals surface area contributed by atoms with Gasteiger partial charge in [0.1, 0.15) is 5.82 Å². The number of rotatable bonds is 4. The highest BCUT2D eigenvalue weighted by atomic mass is 79.9. The van der Waals surface area contributed by atoms with Crippen LogP contribution >= 0.6 is 27.5 Å². The van der Waals surface area contributed by atoms with E-state index in [0.29, 0.717) is 11.1 Å². The Bertz CT molecular complexity index is 544. The summed E-state index contributed by atoms with van der Waals surface area (Å²) in [6.45, 7) is 0. The second kappa shape index (κ2) is 5.87. The largest absolute Gasteiger partial charge is 0.457 e. The number of likely N-dealkylation sites (N-methyl/N-ethyl adjacent to an activating group) is 1. The maximum absolute atomic E-state index is 13.4. The maximum atomic E-state index is 13.4. The van der Waals surface area contributed by atoms with Gasteiger partial charge in [-0.15, -0.1) is 0 Å². The Labute approximate surface area is 118 Å². The van der Waals surface area contributed by atoms with Crippen molar-refractivity contribution in [2.45, 2.75) is 12.5 Å². The first kappa shape index (κ1) is 13.6. The first-order chi connectivity index (χ1) is 8.63. The van der Waals surface area contributed by atoms with Crippen LogP contribution in [0.3, 0.4) is 0 Å². The van der Waals surface area contributed by atoms with Crippen molar-refractivity contribution in [3.05, 3.63) is 57.2 Å². The van der Waals surface area contributed by atoms with E-state index in [0.717, 1.165) is 11.1 Å². The summed E-state index contributed by atoms with van der Waals surface area (Å²) in [6, 6.07) is 6.72. The molecule has 5 heteroatoms. The molecule has 0 spiro atoms. The van der Waals surface area contributed by atoms with E-state index in [1.165, 1.54) is 6.07 Å². The van der Waals surface area contributed by atoms with Crippen LogP contribution in [0.1, 0.15) is 17.2 Å². The molecule has 0 radical (unpaired) electrons. The van der Waals surface area contributed by atoms with Gasteiger partial charge in [-0.1, -0.05) is 23.7 Å². The third kappa shape index (κ3) is 2.76. The number of furan rings is 1. The van der Waals surface area contributed by atoms with Crippen LogP contribution in [0.15, 0.2) is 39.6 Å². The average Bonchev–Trinajstić information content (AvgIpc) is 2.77. The zero-order valence-corrected chi connectivity index (χ0v) is 12.1. The van der Waals surface area contributed by atoms with Crippen LogP contribution in [0.25, 0.3) is 0 Å². The van der Waals surface area contributed by atoms with E-state index in [2.05, 4.69) is 21.2 Å². The summed E-state index contributed by atoms with van der Waals surface area (Å²) in [6.07, 6.45) is 2.20. The van der Waals surface area contributed by atoms with Crippen molar-refractivity contribution in [1.29, 1.82) is 0 Å². The Kier molecular flexibility index (Phi) is 4.43. The zero-order chi connectivity index (χ0) is 13.1. The van der Waals surface area contributed by atoms with E-state index in [1.807, 2.05) is 19.2 Å². The molecule has 1 aromatic carbocycles. The lowest BCUT2D eigenvalue weighted by Gasteiger charge is -2.16. The molecule has 2 nitrogen and oxygen atoms in total. The summed E-state index contributed by atoms with van der Waals surface area (Å²) in [7, 11) is 1.84. The fourth-order valence-electron chi connectivity index (χ4n) is 1.85. The van der Waals surface area contributed by atoms with Gasteiger partial charge >= 0.3 is 0 Å². The molecule has 0 aliphatic rings. The Balaban J connectivity index is 2.26. The summed E-state index contributed by atoms with van der Waals surface area (Å²) in [5.41, 5.74) is 1.75. The second-order valence-corrected chi connectivity index (χ2v) is 5.01. The average molecular weight is 333 g/mol. The van der Waals surface area contributed by atoms with E-state index in [-0.39, 0.29) is 11.1 Å². The van der Waals surface area contributed by atoms with E-state index in [9.17, 15) is 4.39 Å². The Morgan fingerprint density at radius 3 is 2.83 bits per heavy atom. The van der Waals surface area contributed by atoms with E-state index < -0.39 is 5.82 Å². The monoisotopic (exact) mass is 331 g/mol. The van der Waals surface area contributed by atoms with Crippen LogP contribution in [0.2, 0.25) is 5.02 Å². The lowest BCUT2D eigenvalue weighted by Crippen LogP contribution is -2.19. The number of nitrogens with one attached hydrogen (secondary N) is 1. The molecule has 1 atom stereocenters. The Morgan fingerprint density at radius 1 is 1.44 bits per heavy atom. The van der Waals surface area contributed by atoms with Crippen LogP contribution in [-0.4, -0.2) is 7.05 Å². The summed E-state index contributed by atoms with van der Waals surface area (Å²) in [5, 5.41) is 3.35. The van der Waals surface area contributed by atoms with Crippen LogP contribution in [0.4, 0.5) is 4.39 Å². The molecule has 0 aliphatic carbocycles. The highest BCUT2D eigenvalue weighted by molar-refractivity contribution is 9.10. The lowest BCUT2D eigenvalue weighted by atomic mass is 10.0. The molecule has 0 fully saturated rings. The molecule has 0 amide bonds. The zero-order valence-electron chi connectivity index (χ0n) is 9.71. The Morgan fingerprint density at radius 2 is 2.22 bits per heavy atom. The standard InChI is InChI=1S/C13H12BrClFNO/c1-17-11(9-5-6-18-13(9)14)7-8-3-2-4-10(16)12(8)15/h2-6,11,17H,7H2,1H3. The molecule has 2 rings (SSSR count). The molecule has 2 aromatic rings. The van der Waals surface area contributed by atoms with Crippen LogP contribution < -0.4 is 5.32 Å². The normalized spacial score (nSPS) is 12.7. The molecule has 96 valence electrons. The molecule has 0 saturated carbocycles. The first-order valence-corrected chi connectivity index (χ1v) is 6.63. The molecule has 1 unspecified atom stereocenters. The predicted octanol–water partition coefficient (Wildman–Crippen LogP) is 4.34. The van der Waals surface area contributed by atoms with Crippen molar-refractivity contribution in [2.75, 3.05) is 7.05 Å². The van der Waals surface area contributed by atoms with E-state index in [1.54, 1.807) is 12.3 Å². The van der Waals surface area contributed by atoms with Crippen LogP contribution in [0, 0.1) is 5.82 Å². The van der Waals surface area contributed by atoms with Gasteiger partial charge in [0, 0.05) is 11.6 Å². The number of hydrogen-bond donors (Lipinski definition) is 1. The SMILES string of the molecule is CNC(Cc1cccc(F)c1Cl)c1ccoc1Br. The van der Waals surface area contributed by atoms with Crippen molar-refractivity contribution in [1.82, 2.24) is 5.32 Å². The van der Waals surface area contributed by atoms with E-state index in [4.69, 9.17) is 16.0 Å². The van der Waals surface area contributed by atoms with Gasteiger partial charge in [-0.05, 0) is 47.1 Å². The molecule has 1 heterocycles. The van der Waals surface area contributed by atoms with Crippen molar-refractivity contribution in [2.24, 2.45) is 0 Å². The number of hydrogen-bond acceptors (Lipinski definition) is 2. The summed E-state index contributed by atoms with van der Waals surface area (Å²) in [5.74, 6) is -0.393. The molecule has 0 saturated heterocycles. The minimum atomic E-state index is -0.393.